The lowest BCUT2D eigenvalue weighted by molar-refractivity contribution is -0.121. The summed E-state index contributed by atoms with van der Waals surface area (Å²) in [5.74, 6) is 0.849. The fraction of sp³-hybridized carbons (Fsp3) is 0.889. The lowest BCUT2D eigenvalue weighted by Gasteiger charge is -2.21. The molecule has 7 heteroatoms. The maximum atomic E-state index is 11.7. The fourth-order valence-corrected chi connectivity index (χ4v) is 2.45. The number of nitrogens with one attached hydrogen (secondary N) is 3. The first-order chi connectivity index (χ1) is 11.4. The van der Waals surface area contributed by atoms with Crippen LogP contribution in [-0.4, -0.2) is 61.6 Å². The molecule has 0 rings (SSSR count). The second kappa shape index (κ2) is 16.9. The van der Waals surface area contributed by atoms with Gasteiger partial charge in [-0.3, -0.25) is 9.79 Å². The highest BCUT2D eigenvalue weighted by Gasteiger charge is 2.07. The Morgan fingerprint density at radius 2 is 1.72 bits per heavy atom. The molecule has 0 aromatic carbocycles. The van der Waals surface area contributed by atoms with Crippen molar-refractivity contribution in [3.05, 3.63) is 0 Å². The van der Waals surface area contributed by atoms with E-state index < -0.39 is 0 Å². The van der Waals surface area contributed by atoms with Gasteiger partial charge < -0.3 is 20.9 Å². The van der Waals surface area contributed by atoms with Crippen LogP contribution in [-0.2, 0) is 4.79 Å². The number of rotatable bonds is 12. The molecule has 0 aromatic rings. The first-order valence-electron chi connectivity index (χ1n) is 9.49. The predicted octanol–water partition coefficient (Wildman–Crippen LogP) is 2.58. The Morgan fingerprint density at radius 3 is 2.24 bits per heavy atom. The molecule has 3 N–H and O–H groups in total. The third-order valence-corrected chi connectivity index (χ3v) is 3.79. The molecule has 25 heavy (non-hydrogen) atoms. The van der Waals surface area contributed by atoms with Gasteiger partial charge in [-0.25, -0.2) is 0 Å². The maximum Gasteiger partial charge on any atom is 0.222 e. The van der Waals surface area contributed by atoms with Crippen LogP contribution in [0.15, 0.2) is 4.99 Å². The molecule has 1 unspecified atom stereocenters. The van der Waals surface area contributed by atoms with Gasteiger partial charge >= 0.3 is 0 Å². The van der Waals surface area contributed by atoms with E-state index in [0.717, 1.165) is 38.6 Å². The predicted molar refractivity (Wildman–Crippen MR) is 119 cm³/mol. The number of nitrogens with zero attached hydrogens (tertiary/aromatic N) is 2. The van der Waals surface area contributed by atoms with Gasteiger partial charge in [-0.05, 0) is 60.2 Å². The van der Waals surface area contributed by atoms with Crippen LogP contribution in [0.5, 0.6) is 0 Å². The van der Waals surface area contributed by atoms with E-state index in [9.17, 15) is 4.79 Å². The Labute approximate surface area is 172 Å². The summed E-state index contributed by atoms with van der Waals surface area (Å²) in [6.45, 7) is 17.3. The molecule has 0 saturated heterocycles. The number of amides is 1. The maximum absolute atomic E-state index is 11.7. The average Bonchev–Trinajstić information content (AvgIpc) is 2.51. The number of guanidine groups is 1. The zero-order valence-electron chi connectivity index (χ0n) is 17.0. The van der Waals surface area contributed by atoms with Gasteiger partial charge in [0.2, 0.25) is 5.91 Å². The van der Waals surface area contributed by atoms with Gasteiger partial charge in [-0.1, -0.05) is 13.8 Å². The molecule has 0 aliphatic rings. The van der Waals surface area contributed by atoms with E-state index in [1.807, 2.05) is 20.8 Å². The van der Waals surface area contributed by atoms with Gasteiger partial charge in [0.15, 0.2) is 5.96 Å². The summed E-state index contributed by atoms with van der Waals surface area (Å²) in [7, 11) is 0. The van der Waals surface area contributed by atoms with E-state index in [4.69, 9.17) is 0 Å². The highest BCUT2D eigenvalue weighted by atomic mass is 127. The van der Waals surface area contributed by atoms with Crippen LogP contribution in [0.4, 0.5) is 0 Å². The van der Waals surface area contributed by atoms with Crippen molar-refractivity contribution in [3.63, 3.8) is 0 Å². The molecule has 0 bridgehead atoms. The number of halogens is 1. The zero-order chi connectivity index (χ0) is 18.4. The quantitative estimate of drug-likeness (QED) is 0.234. The third kappa shape index (κ3) is 15.4. The van der Waals surface area contributed by atoms with Crippen molar-refractivity contribution >= 4 is 35.8 Å². The lowest BCUT2D eigenvalue weighted by Crippen LogP contribution is -2.42. The third-order valence-electron chi connectivity index (χ3n) is 3.79. The molecule has 0 aliphatic heterocycles. The Morgan fingerprint density at radius 1 is 1.08 bits per heavy atom. The second-order valence-electron chi connectivity index (χ2n) is 6.45. The summed E-state index contributed by atoms with van der Waals surface area (Å²) in [6.07, 6.45) is 2.70. The highest BCUT2D eigenvalue weighted by molar-refractivity contribution is 14.0. The van der Waals surface area contributed by atoms with E-state index in [1.54, 1.807) is 0 Å². The van der Waals surface area contributed by atoms with E-state index in [0.29, 0.717) is 19.0 Å². The summed E-state index contributed by atoms with van der Waals surface area (Å²) in [6, 6.07) is 0.543. The number of aliphatic imine (C=N–C) groups is 1. The Hall–Kier alpha value is -0.570. The standard InChI is InChI=1S/C18H39N5O.HI/c1-7-19-18(20-13-12-17(24)21-15(4)5)22-16(6)11-10-14-23(8-2)9-3;/h15-16H,7-14H2,1-6H3,(H,21,24)(H2,19,20,22);1H. The number of hydrogen-bond donors (Lipinski definition) is 3. The Bertz CT molecular complexity index is 359. The van der Waals surface area contributed by atoms with Crippen LogP contribution in [0, 0.1) is 0 Å². The van der Waals surface area contributed by atoms with E-state index in [1.165, 1.54) is 6.42 Å². The van der Waals surface area contributed by atoms with Crippen LogP contribution < -0.4 is 16.0 Å². The molecule has 6 nitrogen and oxygen atoms in total. The monoisotopic (exact) mass is 469 g/mol. The van der Waals surface area contributed by atoms with Crippen molar-refractivity contribution in [2.75, 3.05) is 32.7 Å². The van der Waals surface area contributed by atoms with Gasteiger partial charge in [0, 0.05) is 25.0 Å². The molecular formula is C18H40IN5O. The van der Waals surface area contributed by atoms with Crippen LogP contribution in [0.2, 0.25) is 0 Å². The van der Waals surface area contributed by atoms with Gasteiger partial charge in [0.1, 0.15) is 0 Å². The van der Waals surface area contributed by atoms with Gasteiger partial charge in [0.05, 0.1) is 6.54 Å². The molecule has 0 fully saturated rings. The van der Waals surface area contributed by atoms with E-state index >= 15 is 0 Å². The molecular weight excluding hydrogens is 429 g/mol. The molecule has 1 atom stereocenters. The van der Waals surface area contributed by atoms with Crippen molar-refractivity contribution in [2.45, 2.75) is 72.9 Å². The lowest BCUT2D eigenvalue weighted by atomic mass is 10.2. The Kier molecular flexibility index (Phi) is 18.0. The Balaban J connectivity index is 0. The summed E-state index contributed by atoms with van der Waals surface area (Å²) < 4.78 is 0. The smallest absolute Gasteiger partial charge is 0.222 e. The van der Waals surface area contributed by atoms with Crippen molar-refractivity contribution in [2.24, 2.45) is 4.99 Å². The van der Waals surface area contributed by atoms with Gasteiger partial charge in [0.25, 0.3) is 0 Å². The highest BCUT2D eigenvalue weighted by Crippen LogP contribution is 1.99. The largest absolute Gasteiger partial charge is 0.357 e. The first-order valence-corrected chi connectivity index (χ1v) is 9.49. The van der Waals surface area contributed by atoms with Crippen molar-refractivity contribution in [3.8, 4) is 0 Å². The van der Waals surface area contributed by atoms with Crippen LogP contribution in [0.25, 0.3) is 0 Å². The SMILES string of the molecule is CCNC(=NCCC(=O)NC(C)C)NC(C)CCCN(CC)CC.I. The number of hydrogen-bond acceptors (Lipinski definition) is 3. The van der Waals surface area contributed by atoms with Crippen molar-refractivity contribution in [1.82, 2.24) is 20.9 Å². The number of carbonyl (C=O) groups is 1. The topological polar surface area (TPSA) is 68.8 Å². The summed E-state index contributed by atoms with van der Waals surface area (Å²) >= 11 is 0. The molecule has 0 saturated carbocycles. The van der Waals surface area contributed by atoms with Crippen LogP contribution >= 0.6 is 24.0 Å². The summed E-state index contributed by atoms with van der Waals surface area (Å²) in [5, 5.41) is 9.56. The van der Waals surface area contributed by atoms with E-state index in [-0.39, 0.29) is 35.9 Å². The minimum absolute atomic E-state index is 0. The molecule has 150 valence electrons. The molecule has 0 aromatic heterocycles. The van der Waals surface area contributed by atoms with Gasteiger partial charge in [-0.2, -0.15) is 0 Å². The molecule has 1 amide bonds. The normalized spacial score (nSPS) is 12.7. The second-order valence-corrected chi connectivity index (χ2v) is 6.45. The molecule has 0 aliphatic carbocycles. The molecule has 0 spiro atoms. The minimum Gasteiger partial charge on any atom is -0.357 e. The van der Waals surface area contributed by atoms with Crippen LogP contribution in [0.1, 0.15) is 60.8 Å². The van der Waals surface area contributed by atoms with Gasteiger partial charge in [-0.15, -0.1) is 24.0 Å². The number of carbonyl (C=O) groups excluding carboxylic acids is 1. The minimum atomic E-state index is 0. The zero-order valence-corrected chi connectivity index (χ0v) is 19.4. The summed E-state index contributed by atoms with van der Waals surface area (Å²) in [4.78, 5) is 18.6. The first kappa shape index (κ1) is 26.7. The van der Waals surface area contributed by atoms with Crippen LogP contribution in [0.3, 0.4) is 0 Å². The molecule has 0 radical (unpaired) electrons. The van der Waals surface area contributed by atoms with E-state index in [2.05, 4.69) is 46.6 Å². The van der Waals surface area contributed by atoms with Crippen molar-refractivity contribution in [1.29, 1.82) is 0 Å². The molecule has 0 heterocycles. The summed E-state index contributed by atoms with van der Waals surface area (Å²) in [5.41, 5.74) is 0. The van der Waals surface area contributed by atoms with Crippen molar-refractivity contribution < 1.29 is 4.79 Å². The average molecular weight is 469 g/mol. The fourth-order valence-electron chi connectivity index (χ4n) is 2.45.